The average Bonchev–Trinajstić information content (AvgIpc) is 2.46. The number of rotatable bonds is 3. The molecule has 7 heteroatoms. The van der Waals surface area contributed by atoms with Crippen molar-refractivity contribution in [3.05, 3.63) is 28.3 Å². The molecule has 0 amide bonds. The summed E-state index contributed by atoms with van der Waals surface area (Å²) in [4.78, 5) is 11.7. The molecule has 2 rings (SSSR count). The van der Waals surface area contributed by atoms with Gasteiger partial charge in [0.2, 0.25) is 0 Å². The monoisotopic (exact) mass is 336 g/mol. The maximum absolute atomic E-state index is 13.2. The summed E-state index contributed by atoms with van der Waals surface area (Å²) in [5.41, 5.74) is -2.25. The molecule has 1 aliphatic carbocycles. The molecule has 122 valence electrons. The zero-order chi connectivity index (χ0) is 16.5. The first-order chi connectivity index (χ1) is 10.2. The van der Waals surface area contributed by atoms with Crippen LogP contribution in [0, 0.1) is 0 Å². The first-order valence-electron chi connectivity index (χ1n) is 6.91. The van der Waals surface area contributed by atoms with Crippen LogP contribution in [-0.2, 0) is 16.4 Å². The molecular weight excluding hydrogens is 321 g/mol. The molecule has 1 fully saturated rings. The molecule has 0 unspecified atom stereocenters. The minimum atomic E-state index is -4.67. The summed E-state index contributed by atoms with van der Waals surface area (Å²) >= 11 is 5.91. The van der Waals surface area contributed by atoms with Crippen LogP contribution in [-0.4, -0.2) is 18.2 Å². The smallest absolute Gasteiger partial charge is 0.420 e. The van der Waals surface area contributed by atoms with Crippen LogP contribution in [0.15, 0.2) is 12.1 Å². The Hall–Kier alpha value is -1.43. The van der Waals surface area contributed by atoms with Crippen molar-refractivity contribution in [3.8, 4) is 5.75 Å². The summed E-state index contributed by atoms with van der Waals surface area (Å²) in [6.07, 6.45) is -1.84. The van der Waals surface area contributed by atoms with Gasteiger partial charge in [-0.1, -0.05) is 30.9 Å². The predicted molar refractivity (Wildman–Crippen MR) is 75.4 cm³/mol. The second kappa shape index (κ2) is 5.99. The molecule has 3 nitrogen and oxygen atoms in total. The van der Waals surface area contributed by atoms with Gasteiger partial charge in [0.05, 0.1) is 23.1 Å². The molecule has 1 aliphatic rings. The Morgan fingerprint density at radius 1 is 1.27 bits per heavy atom. The van der Waals surface area contributed by atoms with Gasteiger partial charge in [-0.3, -0.25) is 4.79 Å². The quantitative estimate of drug-likeness (QED) is 0.873. The van der Waals surface area contributed by atoms with Crippen LogP contribution in [0.25, 0.3) is 0 Å². The molecule has 0 saturated heterocycles. The number of hydrogen-bond donors (Lipinski definition) is 1. The van der Waals surface area contributed by atoms with Crippen molar-refractivity contribution in [2.24, 2.45) is 0 Å². The average molecular weight is 337 g/mol. The zero-order valence-electron chi connectivity index (χ0n) is 12.0. The Kier molecular flexibility index (Phi) is 4.61. The number of halogens is 4. The molecule has 0 bridgehead atoms. The fraction of sp³-hybridized carbons (Fsp3) is 0.533. The number of methoxy groups -OCH3 is 1. The summed E-state index contributed by atoms with van der Waals surface area (Å²) in [6.45, 7) is 0. The van der Waals surface area contributed by atoms with Gasteiger partial charge < -0.3 is 9.84 Å². The molecule has 1 N–H and O–H groups in total. The van der Waals surface area contributed by atoms with Gasteiger partial charge in [0, 0.05) is 0 Å². The standard InChI is InChI=1S/C15H16ClF3O3/c1-22-12-10(15(17,18)19)7-9(8-11(12)16)14(13(20)21)5-3-2-4-6-14/h7-8H,2-6H2,1H3,(H,20,21). The molecular formula is C15H16ClF3O3. The van der Waals surface area contributed by atoms with E-state index in [1.807, 2.05) is 0 Å². The van der Waals surface area contributed by atoms with E-state index in [2.05, 4.69) is 0 Å². The SMILES string of the molecule is COc1c(Cl)cc(C2(C(=O)O)CCCCC2)cc1C(F)(F)F. The second-order valence-corrected chi connectivity index (χ2v) is 5.89. The number of benzene rings is 1. The second-order valence-electron chi connectivity index (χ2n) is 5.48. The Morgan fingerprint density at radius 2 is 1.86 bits per heavy atom. The van der Waals surface area contributed by atoms with Crippen molar-refractivity contribution in [1.29, 1.82) is 0 Å². The van der Waals surface area contributed by atoms with E-state index in [1.54, 1.807) is 0 Å². The lowest BCUT2D eigenvalue weighted by molar-refractivity contribution is -0.146. The highest BCUT2D eigenvalue weighted by molar-refractivity contribution is 6.32. The van der Waals surface area contributed by atoms with E-state index in [1.165, 1.54) is 6.07 Å². The van der Waals surface area contributed by atoms with Crippen molar-refractivity contribution >= 4 is 17.6 Å². The Balaban J connectivity index is 2.65. The van der Waals surface area contributed by atoms with Gasteiger partial charge in [0.25, 0.3) is 0 Å². The number of aliphatic carboxylic acids is 1. The number of carboxylic acids is 1. The highest BCUT2D eigenvalue weighted by atomic mass is 35.5. The van der Waals surface area contributed by atoms with E-state index in [4.69, 9.17) is 16.3 Å². The fourth-order valence-corrected chi connectivity index (χ4v) is 3.37. The Morgan fingerprint density at radius 3 is 2.32 bits per heavy atom. The Labute approximate surface area is 131 Å². The lowest BCUT2D eigenvalue weighted by Crippen LogP contribution is -2.38. The topological polar surface area (TPSA) is 46.5 Å². The van der Waals surface area contributed by atoms with Crippen LogP contribution in [0.3, 0.4) is 0 Å². The third-order valence-corrected chi connectivity index (χ3v) is 4.50. The normalized spacial score (nSPS) is 18.0. The van der Waals surface area contributed by atoms with E-state index in [9.17, 15) is 23.1 Å². The van der Waals surface area contributed by atoms with Crippen LogP contribution in [0.5, 0.6) is 5.75 Å². The molecule has 0 aromatic heterocycles. The van der Waals surface area contributed by atoms with E-state index in [0.29, 0.717) is 25.7 Å². The number of carbonyl (C=O) groups is 1. The molecule has 0 atom stereocenters. The molecule has 0 radical (unpaired) electrons. The Bertz CT molecular complexity index is 578. The van der Waals surface area contributed by atoms with E-state index in [0.717, 1.165) is 19.6 Å². The van der Waals surface area contributed by atoms with Crippen LogP contribution in [0.1, 0.15) is 43.2 Å². The molecule has 22 heavy (non-hydrogen) atoms. The third kappa shape index (κ3) is 2.89. The van der Waals surface area contributed by atoms with Gasteiger partial charge in [-0.15, -0.1) is 0 Å². The molecule has 1 aromatic carbocycles. The molecule has 0 aliphatic heterocycles. The zero-order valence-corrected chi connectivity index (χ0v) is 12.7. The lowest BCUT2D eigenvalue weighted by atomic mass is 9.69. The lowest BCUT2D eigenvalue weighted by Gasteiger charge is -2.34. The summed E-state index contributed by atoms with van der Waals surface area (Å²) < 4.78 is 44.3. The maximum atomic E-state index is 13.2. The van der Waals surface area contributed by atoms with Crippen molar-refractivity contribution in [3.63, 3.8) is 0 Å². The maximum Gasteiger partial charge on any atom is 0.420 e. The summed E-state index contributed by atoms with van der Waals surface area (Å²) in [5, 5.41) is 9.37. The summed E-state index contributed by atoms with van der Waals surface area (Å²) in [5.74, 6) is -1.59. The van der Waals surface area contributed by atoms with Crippen molar-refractivity contribution in [2.45, 2.75) is 43.7 Å². The highest BCUT2D eigenvalue weighted by Crippen LogP contribution is 2.46. The van der Waals surface area contributed by atoms with E-state index < -0.39 is 28.9 Å². The first-order valence-corrected chi connectivity index (χ1v) is 7.29. The number of hydrogen-bond acceptors (Lipinski definition) is 2. The molecule has 0 heterocycles. The van der Waals surface area contributed by atoms with E-state index in [-0.39, 0.29) is 10.6 Å². The molecule has 1 aromatic rings. The fourth-order valence-electron chi connectivity index (χ4n) is 3.07. The van der Waals surface area contributed by atoms with Gasteiger partial charge in [-0.25, -0.2) is 0 Å². The van der Waals surface area contributed by atoms with Gasteiger partial charge in [0.15, 0.2) is 0 Å². The number of ether oxygens (including phenoxy) is 1. The number of carboxylic acid groups (broad SMARTS) is 1. The van der Waals surface area contributed by atoms with Gasteiger partial charge in [-0.2, -0.15) is 13.2 Å². The minimum Gasteiger partial charge on any atom is -0.495 e. The molecule has 0 spiro atoms. The van der Waals surface area contributed by atoms with Crippen molar-refractivity contribution in [1.82, 2.24) is 0 Å². The summed E-state index contributed by atoms with van der Waals surface area (Å²) in [6, 6.07) is 2.15. The van der Waals surface area contributed by atoms with Gasteiger partial charge in [-0.05, 0) is 30.5 Å². The van der Waals surface area contributed by atoms with E-state index >= 15 is 0 Å². The molecule has 1 saturated carbocycles. The third-order valence-electron chi connectivity index (χ3n) is 4.22. The van der Waals surface area contributed by atoms with Crippen LogP contribution in [0.2, 0.25) is 5.02 Å². The van der Waals surface area contributed by atoms with Gasteiger partial charge >= 0.3 is 12.1 Å². The van der Waals surface area contributed by atoms with Crippen LogP contribution < -0.4 is 4.74 Å². The highest BCUT2D eigenvalue weighted by Gasteiger charge is 2.44. The predicted octanol–water partition coefficient (Wildman–Crippen LogP) is 4.65. The number of alkyl halides is 3. The summed E-state index contributed by atoms with van der Waals surface area (Å²) in [7, 11) is 1.10. The van der Waals surface area contributed by atoms with Crippen molar-refractivity contribution < 1.29 is 27.8 Å². The first kappa shape index (κ1) is 16.9. The van der Waals surface area contributed by atoms with Crippen molar-refractivity contribution in [2.75, 3.05) is 7.11 Å². The largest absolute Gasteiger partial charge is 0.495 e. The van der Waals surface area contributed by atoms with Crippen LogP contribution in [0.4, 0.5) is 13.2 Å². The van der Waals surface area contributed by atoms with Crippen LogP contribution >= 0.6 is 11.6 Å². The van der Waals surface area contributed by atoms with Gasteiger partial charge in [0.1, 0.15) is 5.75 Å². The minimum absolute atomic E-state index is 0.0952.